The molecule has 2 unspecified atom stereocenters. The molecule has 6 heteroatoms. The normalized spacial score (nSPS) is 23.5. The van der Waals surface area contributed by atoms with E-state index in [9.17, 15) is 9.59 Å². The predicted molar refractivity (Wildman–Crippen MR) is 96.4 cm³/mol. The lowest BCUT2D eigenvalue weighted by Crippen LogP contribution is -2.64. The van der Waals surface area contributed by atoms with Crippen LogP contribution >= 0.6 is 0 Å². The van der Waals surface area contributed by atoms with Gasteiger partial charge in [-0.05, 0) is 44.4 Å². The second kappa shape index (κ2) is 7.66. The van der Waals surface area contributed by atoms with E-state index in [1.807, 2.05) is 18.9 Å². The average molecular weight is 361 g/mol. The third kappa shape index (κ3) is 3.43. The molecular weight excluding hydrogens is 334 g/mol. The summed E-state index contributed by atoms with van der Waals surface area (Å²) in [5, 5.41) is 8.73. The van der Waals surface area contributed by atoms with Crippen molar-refractivity contribution in [2.75, 3.05) is 20.3 Å². The lowest BCUT2D eigenvalue weighted by molar-refractivity contribution is -0.152. The van der Waals surface area contributed by atoms with Crippen molar-refractivity contribution in [1.29, 1.82) is 0 Å². The summed E-state index contributed by atoms with van der Waals surface area (Å²) < 4.78 is 11.1. The molecule has 0 heterocycles. The van der Waals surface area contributed by atoms with Gasteiger partial charge in [-0.3, -0.25) is 4.79 Å². The number of rotatable bonds is 7. The Morgan fingerprint density at radius 2 is 2.04 bits per heavy atom. The fourth-order valence-electron chi connectivity index (χ4n) is 4.60. The van der Waals surface area contributed by atoms with Gasteiger partial charge in [0.15, 0.2) is 6.61 Å². The van der Waals surface area contributed by atoms with Gasteiger partial charge in [0.1, 0.15) is 5.75 Å². The van der Waals surface area contributed by atoms with Gasteiger partial charge in [-0.2, -0.15) is 0 Å². The molecule has 142 valence electrons. The molecule has 0 saturated heterocycles. The highest BCUT2D eigenvalue weighted by atomic mass is 16.5. The standard InChI is InChI=1S/C20H27NO5/c1-3-25-17-12-16(20(17)9-4-5-10-20)21(2)19(24)14-7-6-8-15(11-14)26-13-18(22)23/h6-8,11,16-17H,3-5,9-10,12-13H2,1-2H3,(H,22,23). The molecule has 2 aliphatic rings. The monoisotopic (exact) mass is 361 g/mol. The Kier molecular flexibility index (Phi) is 5.51. The van der Waals surface area contributed by atoms with Crippen molar-refractivity contribution in [3.63, 3.8) is 0 Å². The minimum Gasteiger partial charge on any atom is -0.482 e. The van der Waals surface area contributed by atoms with Crippen LogP contribution in [0.3, 0.4) is 0 Å². The van der Waals surface area contributed by atoms with E-state index in [2.05, 4.69) is 0 Å². The zero-order valence-corrected chi connectivity index (χ0v) is 15.4. The van der Waals surface area contributed by atoms with Crippen LogP contribution in [0.5, 0.6) is 5.75 Å². The SMILES string of the molecule is CCOC1CC(N(C)C(=O)c2cccc(OCC(=O)O)c2)C12CCCC2. The zero-order chi connectivity index (χ0) is 18.7. The third-order valence-corrected chi connectivity index (χ3v) is 5.88. The molecule has 0 bridgehead atoms. The number of amides is 1. The van der Waals surface area contributed by atoms with E-state index >= 15 is 0 Å². The van der Waals surface area contributed by atoms with Crippen LogP contribution in [0.2, 0.25) is 0 Å². The second-order valence-corrected chi connectivity index (χ2v) is 7.26. The topological polar surface area (TPSA) is 76.1 Å². The van der Waals surface area contributed by atoms with Crippen LogP contribution in [0.15, 0.2) is 24.3 Å². The lowest BCUT2D eigenvalue weighted by Gasteiger charge is -2.57. The maximum atomic E-state index is 13.0. The summed E-state index contributed by atoms with van der Waals surface area (Å²) in [5.74, 6) is -0.710. The number of aliphatic carboxylic acids is 1. The maximum absolute atomic E-state index is 13.0. The Bertz CT molecular complexity index is 668. The van der Waals surface area contributed by atoms with Crippen LogP contribution in [0.1, 0.15) is 49.4 Å². The Morgan fingerprint density at radius 1 is 1.31 bits per heavy atom. The number of carboxylic acid groups (broad SMARTS) is 1. The van der Waals surface area contributed by atoms with Crippen LogP contribution in [-0.2, 0) is 9.53 Å². The fourth-order valence-corrected chi connectivity index (χ4v) is 4.60. The summed E-state index contributed by atoms with van der Waals surface area (Å²) in [6, 6.07) is 6.92. The Balaban J connectivity index is 1.72. The van der Waals surface area contributed by atoms with E-state index in [0.29, 0.717) is 17.9 Å². The molecule has 2 aliphatic carbocycles. The van der Waals surface area contributed by atoms with Gasteiger partial charge < -0.3 is 19.5 Å². The summed E-state index contributed by atoms with van der Waals surface area (Å²) >= 11 is 0. The summed E-state index contributed by atoms with van der Waals surface area (Å²) in [6.45, 7) is 2.31. The largest absolute Gasteiger partial charge is 0.482 e. The molecule has 0 aromatic heterocycles. The molecule has 0 radical (unpaired) electrons. The molecule has 2 saturated carbocycles. The Hall–Kier alpha value is -2.08. The van der Waals surface area contributed by atoms with Crippen LogP contribution in [0.25, 0.3) is 0 Å². The van der Waals surface area contributed by atoms with E-state index in [1.54, 1.807) is 24.3 Å². The van der Waals surface area contributed by atoms with Gasteiger partial charge in [0, 0.05) is 30.7 Å². The quantitative estimate of drug-likeness (QED) is 0.808. The highest BCUT2D eigenvalue weighted by Gasteiger charge is 2.58. The molecule has 2 atom stereocenters. The van der Waals surface area contributed by atoms with Crippen LogP contribution in [-0.4, -0.2) is 54.3 Å². The number of carbonyl (C=O) groups is 2. The van der Waals surface area contributed by atoms with Crippen molar-refractivity contribution in [2.45, 2.75) is 51.2 Å². The molecule has 1 amide bonds. The summed E-state index contributed by atoms with van der Waals surface area (Å²) in [5.41, 5.74) is 0.612. The minimum absolute atomic E-state index is 0.0583. The highest BCUT2D eigenvalue weighted by molar-refractivity contribution is 5.94. The van der Waals surface area contributed by atoms with Gasteiger partial charge in [-0.25, -0.2) is 4.79 Å². The molecule has 1 aromatic rings. The van der Waals surface area contributed by atoms with Crippen LogP contribution in [0, 0.1) is 5.41 Å². The van der Waals surface area contributed by atoms with Gasteiger partial charge in [-0.1, -0.05) is 18.9 Å². The molecule has 1 spiro atoms. The van der Waals surface area contributed by atoms with E-state index < -0.39 is 12.6 Å². The lowest BCUT2D eigenvalue weighted by atomic mass is 9.60. The molecule has 2 fully saturated rings. The summed E-state index contributed by atoms with van der Waals surface area (Å²) in [6.07, 6.45) is 5.75. The van der Waals surface area contributed by atoms with Gasteiger partial charge in [0.05, 0.1) is 6.10 Å². The van der Waals surface area contributed by atoms with Crippen molar-refractivity contribution in [1.82, 2.24) is 4.90 Å². The number of hydrogen-bond acceptors (Lipinski definition) is 4. The second-order valence-electron chi connectivity index (χ2n) is 7.26. The Labute approximate surface area is 154 Å². The number of carbonyl (C=O) groups excluding carboxylic acids is 1. The van der Waals surface area contributed by atoms with E-state index in [0.717, 1.165) is 19.3 Å². The minimum atomic E-state index is -1.04. The van der Waals surface area contributed by atoms with Crippen molar-refractivity contribution < 1.29 is 24.2 Å². The van der Waals surface area contributed by atoms with Crippen molar-refractivity contribution in [3.05, 3.63) is 29.8 Å². The van der Waals surface area contributed by atoms with Crippen molar-refractivity contribution >= 4 is 11.9 Å². The Morgan fingerprint density at radius 3 is 2.69 bits per heavy atom. The first-order chi connectivity index (χ1) is 12.5. The zero-order valence-electron chi connectivity index (χ0n) is 15.4. The number of nitrogens with zero attached hydrogens (tertiary/aromatic N) is 1. The van der Waals surface area contributed by atoms with Crippen LogP contribution in [0.4, 0.5) is 0 Å². The molecule has 26 heavy (non-hydrogen) atoms. The molecule has 1 N–H and O–H groups in total. The smallest absolute Gasteiger partial charge is 0.341 e. The molecule has 3 rings (SSSR count). The average Bonchev–Trinajstić information content (AvgIpc) is 3.15. The molecule has 6 nitrogen and oxygen atoms in total. The van der Waals surface area contributed by atoms with Gasteiger partial charge >= 0.3 is 5.97 Å². The van der Waals surface area contributed by atoms with E-state index in [-0.39, 0.29) is 23.5 Å². The number of hydrogen-bond donors (Lipinski definition) is 1. The van der Waals surface area contributed by atoms with Gasteiger partial charge in [-0.15, -0.1) is 0 Å². The van der Waals surface area contributed by atoms with Crippen molar-refractivity contribution in [3.8, 4) is 5.75 Å². The number of benzene rings is 1. The maximum Gasteiger partial charge on any atom is 0.341 e. The molecule has 0 aliphatic heterocycles. The van der Waals surface area contributed by atoms with E-state index in [4.69, 9.17) is 14.6 Å². The first-order valence-corrected chi connectivity index (χ1v) is 9.31. The predicted octanol–water partition coefficient (Wildman–Crippen LogP) is 2.96. The molecular formula is C20H27NO5. The van der Waals surface area contributed by atoms with Gasteiger partial charge in [0.25, 0.3) is 5.91 Å². The number of carboxylic acids is 1. The summed E-state index contributed by atoms with van der Waals surface area (Å²) in [4.78, 5) is 25.5. The number of ether oxygens (including phenoxy) is 2. The van der Waals surface area contributed by atoms with Gasteiger partial charge in [0.2, 0.25) is 0 Å². The van der Waals surface area contributed by atoms with Crippen LogP contribution < -0.4 is 4.74 Å². The third-order valence-electron chi connectivity index (χ3n) is 5.88. The highest BCUT2D eigenvalue weighted by Crippen LogP contribution is 2.56. The fraction of sp³-hybridized carbons (Fsp3) is 0.600. The molecule has 1 aromatic carbocycles. The first kappa shape index (κ1) is 18.7. The first-order valence-electron chi connectivity index (χ1n) is 9.31. The summed E-state index contributed by atoms with van der Waals surface area (Å²) in [7, 11) is 1.86. The van der Waals surface area contributed by atoms with E-state index in [1.165, 1.54) is 12.8 Å². The van der Waals surface area contributed by atoms with Crippen molar-refractivity contribution in [2.24, 2.45) is 5.41 Å².